The molecule has 1 aliphatic heterocycles. The Kier molecular flexibility index (Phi) is 10.1. The number of carbonyl (C=O) groups is 2. The maximum absolute atomic E-state index is 13.6. The van der Waals surface area contributed by atoms with E-state index in [-0.39, 0.29) is 17.6 Å². The fraction of sp³-hybridized carbons (Fsp3) is 0.258. The topological polar surface area (TPSA) is 103 Å². The van der Waals surface area contributed by atoms with Crippen LogP contribution in [0.2, 0.25) is 0 Å². The average Bonchev–Trinajstić information content (AvgIpc) is 3.48. The monoisotopic (exact) mass is 572 g/mol. The number of allylic oxidation sites excluding steroid dienone is 2. The molecule has 2 heterocycles. The van der Waals surface area contributed by atoms with Gasteiger partial charge in [0.2, 0.25) is 5.91 Å². The lowest BCUT2D eigenvalue weighted by Gasteiger charge is -2.29. The van der Waals surface area contributed by atoms with Crippen LogP contribution in [0, 0.1) is 18.3 Å². The largest absolute Gasteiger partial charge is 0.494 e. The standard InChI is InChI=1S/C31H32N4O3S2/c1-4-5-15-38-23-12-8-11-22(17-23)34-27(36)19-40-31-24(18-32)29(26-14-9-16-39-26)28(21(3)33-31)30(37)35-25-13-7-6-10-20(25)2/h6-14,16-17,29,33H,4-5,15,19H2,1-3H3,(H,34,36)(H,35,37). The average molecular weight is 573 g/mol. The molecule has 2 amide bonds. The first kappa shape index (κ1) is 29.0. The summed E-state index contributed by atoms with van der Waals surface area (Å²) in [5.74, 6) is -0.229. The molecule has 206 valence electrons. The number of thioether (sulfide) groups is 1. The van der Waals surface area contributed by atoms with Crippen LogP contribution in [0.3, 0.4) is 0 Å². The van der Waals surface area contributed by atoms with Crippen molar-refractivity contribution in [2.75, 3.05) is 23.0 Å². The van der Waals surface area contributed by atoms with Crippen LogP contribution in [0.15, 0.2) is 87.9 Å². The van der Waals surface area contributed by atoms with Gasteiger partial charge < -0.3 is 20.7 Å². The third-order valence-electron chi connectivity index (χ3n) is 6.35. The van der Waals surface area contributed by atoms with E-state index in [1.807, 2.05) is 73.8 Å². The molecule has 7 nitrogen and oxygen atoms in total. The Labute approximate surface area is 243 Å². The fourth-order valence-electron chi connectivity index (χ4n) is 4.30. The van der Waals surface area contributed by atoms with Gasteiger partial charge >= 0.3 is 0 Å². The van der Waals surface area contributed by atoms with Gasteiger partial charge in [-0.1, -0.05) is 55.4 Å². The molecule has 9 heteroatoms. The van der Waals surface area contributed by atoms with Crippen LogP contribution in [0.5, 0.6) is 5.75 Å². The second-order valence-corrected chi connectivity index (χ2v) is 11.3. The lowest BCUT2D eigenvalue weighted by atomic mass is 9.86. The number of nitrogens with one attached hydrogen (secondary N) is 3. The molecular formula is C31H32N4O3S2. The summed E-state index contributed by atoms with van der Waals surface area (Å²) in [6.45, 7) is 6.49. The summed E-state index contributed by atoms with van der Waals surface area (Å²) in [5.41, 5.74) is 3.85. The predicted octanol–water partition coefficient (Wildman–Crippen LogP) is 6.94. The maximum atomic E-state index is 13.6. The number of dihydropyridines is 1. The molecule has 4 rings (SSSR count). The predicted molar refractivity (Wildman–Crippen MR) is 163 cm³/mol. The van der Waals surface area contributed by atoms with Crippen molar-refractivity contribution in [2.24, 2.45) is 0 Å². The van der Waals surface area contributed by atoms with Gasteiger partial charge in [-0.05, 0) is 55.5 Å². The molecule has 2 aromatic carbocycles. The minimum Gasteiger partial charge on any atom is -0.494 e. The Morgan fingerprint density at radius 3 is 2.65 bits per heavy atom. The summed E-state index contributed by atoms with van der Waals surface area (Å²) in [5, 5.41) is 21.9. The number of nitrogens with zero attached hydrogens (tertiary/aromatic N) is 1. The van der Waals surface area contributed by atoms with E-state index in [0.717, 1.165) is 29.0 Å². The van der Waals surface area contributed by atoms with E-state index in [1.54, 1.807) is 6.07 Å². The number of benzene rings is 2. The number of carbonyl (C=O) groups excluding carboxylic acids is 2. The number of hydrogen-bond donors (Lipinski definition) is 3. The Balaban J connectivity index is 1.51. The number of thiophene rings is 1. The highest BCUT2D eigenvalue weighted by Gasteiger charge is 2.35. The van der Waals surface area contributed by atoms with Gasteiger partial charge in [0, 0.05) is 33.6 Å². The van der Waals surface area contributed by atoms with E-state index >= 15 is 0 Å². The lowest BCUT2D eigenvalue weighted by Crippen LogP contribution is -2.31. The molecule has 1 atom stereocenters. The molecule has 3 aromatic rings. The Morgan fingerprint density at radius 1 is 1.10 bits per heavy atom. The third-order valence-corrected chi connectivity index (χ3v) is 8.30. The molecule has 1 aromatic heterocycles. The summed E-state index contributed by atoms with van der Waals surface area (Å²) < 4.78 is 5.74. The quantitative estimate of drug-likeness (QED) is 0.215. The number of hydrogen-bond acceptors (Lipinski definition) is 7. The smallest absolute Gasteiger partial charge is 0.254 e. The van der Waals surface area contributed by atoms with Crippen molar-refractivity contribution in [3.05, 3.63) is 98.4 Å². The number of aryl methyl sites for hydroxylation is 1. The van der Waals surface area contributed by atoms with Crippen molar-refractivity contribution in [1.29, 1.82) is 5.26 Å². The number of para-hydroxylation sites is 1. The lowest BCUT2D eigenvalue weighted by molar-refractivity contribution is -0.114. The van der Waals surface area contributed by atoms with Gasteiger partial charge in [-0.3, -0.25) is 9.59 Å². The van der Waals surface area contributed by atoms with Crippen LogP contribution in [0.4, 0.5) is 11.4 Å². The number of rotatable bonds is 11. The van der Waals surface area contributed by atoms with Gasteiger partial charge in [-0.15, -0.1) is 11.3 Å². The summed E-state index contributed by atoms with van der Waals surface area (Å²) in [4.78, 5) is 27.3. The number of amides is 2. The second-order valence-electron chi connectivity index (χ2n) is 9.30. The van der Waals surface area contributed by atoms with Crippen molar-refractivity contribution in [3.8, 4) is 11.8 Å². The molecule has 0 saturated carbocycles. The highest BCUT2D eigenvalue weighted by Crippen LogP contribution is 2.42. The third kappa shape index (κ3) is 7.14. The van der Waals surface area contributed by atoms with E-state index in [4.69, 9.17) is 4.74 Å². The molecule has 0 radical (unpaired) electrons. The van der Waals surface area contributed by atoms with E-state index in [2.05, 4.69) is 28.9 Å². The first-order chi connectivity index (χ1) is 19.4. The zero-order chi connectivity index (χ0) is 28.5. The highest BCUT2D eigenvalue weighted by atomic mass is 32.2. The van der Waals surface area contributed by atoms with Gasteiger partial charge in [-0.2, -0.15) is 5.26 Å². The van der Waals surface area contributed by atoms with Gasteiger partial charge in [0.15, 0.2) is 0 Å². The molecular weight excluding hydrogens is 541 g/mol. The van der Waals surface area contributed by atoms with Crippen molar-refractivity contribution in [1.82, 2.24) is 5.32 Å². The van der Waals surface area contributed by atoms with Crippen LogP contribution in [0.1, 0.15) is 43.0 Å². The zero-order valence-electron chi connectivity index (χ0n) is 22.7. The Morgan fingerprint density at radius 2 is 1.93 bits per heavy atom. The normalized spacial score (nSPS) is 14.8. The minimum atomic E-state index is -0.544. The highest BCUT2D eigenvalue weighted by molar-refractivity contribution is 8.03. The van der Waals surface area contributed by atoms with Crippen molar-refractivity contribution < 1.29 is 14.3 Å². The van der Waals surface area contributed by atoms with E-state index in [9.17, 15) is 14.9 Å². The molecule has 0 saturated heterocycles. The molecule has 1 aliphatic rings. The van der Waals surface area contributed by atoms with E-state index in [1.165, 1.54) is 23.1 Å². The molecule has 3 N–H and O–H groups in total. The summed E-state index contributed by atoms with van der Waals surface area (Å²) in [6.07, 6.45) is 2.01. The number of ether oxygens (including phenoxy) is 1. The molecule has 40 heavy (non-hydrogen) atoms. The van der Waals surface area contributed by atoms with Crippen molar-refractivity contribution >= 4 is 46.3 Å². The fourth-order valence-corrected chi connectivity index (χ4v) is 6.04. The molecule has 0 spiro atoms. The molecule has 1 unspecified atom stereocenters. The minimum absolute atomic E-state index is 0.0869. The van der Waals surface area contributed by atoms with Crippen LogP contribution >= 0.6 is 23.1 Å². The maximum Gasteiger partial charge on any atom is 0.254 e. The van der Waals surface area contributed by atoms with Crippen molar-refractivity contribution in [3.63, 3.8) is 0 Å². The zero-order valence-corrected chi connectivity index (χ0v) is 24.4. The molecule has 0 aliphatic carbocycles. The molecule has 0 bridgehead atoms. The number of nitriles is 1. The van der Waals surface area contributed by atoms with Crippen LogP contribution in [0.25, 0.3) is 0 Å². The first-order valence-electron chi connectivity index (χ1n) is 13.1. The van der Waals surface area contributed by atoms with Crippen LogP contribution in [-0.2, 0) is 9.59 Å². The van der Waals surface area contributed by atoms with Gasteiger partial charge in [0.05, 0.1) is 34.9 Å². The number of unbranched alkanes of at least 4 members (excludes halogenated alkanes) is 1. The van der Waals surface area contributed by atoms with E-state index in [0.29, 0.717) is 39.9 Å². The summed E-state index contributed by atoms with van der Waals surface area (Å²) >= 11 is 2.73. The summed E-state index contributed by atoms with van der Waals surface area (Å²) in [6, 6.07) is 21.0. The summed E-state index contributed by atoms with van der Waals surface area (Å²) in [7, 11) is 0. The SMILES string of the molecule is CCCCOc1cccc(NC(=O)CSC2=C(C#N)C(c3cccs3)C(C(=O)Nc3ccccc3C)=C(C)N2)c1. The van der Waals surface area contributed by atoms with Gasteiger partial charge in [0.1, 0.15) is 5.75 Å². The van der Waals surface area contributed by atoms with Gasteiger partial charge in [-0.25, -0.2) is 0 Å². The van der Waals surface area contributed by atoms with E-state index < -0.39 is 5.92 Å². The Hall–Kier alpha value is -4.00. The van der Waals surface area contributed by atoms with Crippen LogP contribution < -0.4 is 20.7 Å². The van der Waals surface area contributed by atoms with Crippen LogP contribution in [-0.4, -0.2) is 24.2 Å². The first-order valence-corrected chi connectivity index (χ1v) is 15.0. The molecule has 0 fully saturated rings. The second kappa shape index (κ2) is 13.9. The number of anilines is 2. The van der Waals surface area contributed by atoms with Crippen molar-refractivity contribution in [2.45, 2.75) is 39.5 Å². The van der Waals surface area contributed by atoms with Gasteiger partial charge in [0.25, 0.3) is 5.91 Å². The Bertz CT molecular complexity index is 1470.